The first-order valence-corrected chi connectivity index (χ1v) is 10.1. The molecule has 0 N–H and O–H groups in total. The van der Waals surface area contributed by atoms with E-state index in [9.17, 15) is 5.26 Å². The number of piperidine rings is 1. The predicted molar refractivity (Wildman–Crippen MR) is 114 cm³/mol. The molecule has 0 amide bonds. The van der Waals surface area contributed by atoms with E-state index in [0.29, 0.717) is 5.56 Å². The zero-order chi connectivity index (χ0) is 18.6. The Kier molecular flexibility index (Phi) is 5.22. The zero-order valence-corrected chi connectivity index (χ0v) is 16.6. The minimum Gasteiger partial charge on any atom is -0.355 e. The van der Waals surface area contributed by atoms with Gasteiger partial charge in [0.25, 0.3) is 0 Å². The molecule has 3 aromatic rings. The van der Waals surface area contributed by atoms with Crippen molar-refractivity contribution < 1.29 is 0 Å². The fourth-order valence-electron chi connectivity index (χ4n) is 3.59. The molecule has 0 aliphatic carbocycles. The van der Waals surface area contributed by atoms with Crippen molar-refractivity contribution in [3.63, 3.8) is 0 Å². The molecule has 1 saturated heterocycles. The van der Waals surface area contributed by atoms with Crippen molar-refractivity contribution in [3.05, 3.63) is 70.7 Å². The molecule has 0 bridgehead atoms. The minimum atomic E-state index is 0.666. The summed E-state index contributed by atoms with van der Waals surface area (Å²) in [5.74, 6) is 0.816. The summed E-state index contributed by atoms with van der Waals surface area (Å²) in [5.41, 5.74) is 4.62. The smallest absolute Gasteiger partial charge is 0.147 e. The lowest BCUT2D eigenvalue weighted by molar-refractivity contribution is 0.573. The van der Waals surface area contributed by atoms with Gasteiger partial charge >= 0.3 is 0 Å². The molecule has 1 aliphatic rings. The molecule has 27 heavy (non-hydrogen) atoms. The van der Waals surface area contributed by atoms with Crippen LogP contribution >= 0.6 is 15.9 Å². The summed E-state index contributed by atoms with van der Waals surface area (Å²) in [4.78, 5) is 7.21. The first kappa shape index (κ1) is 17.8. The molecule has 2 heterocycles. The van der Waals surface area contributed by atoms with Crippen LogP contribution in [0.25, 0.3) is 22.4 Å². The Hall–Kier alpha value is -2.64. The lowest BCUT2D eigenvalue weighted by atomic mass is 9.97. The van der Waals surface area contributed by atoms with Crippen LogP contribution in [0.15, 0.2) is 65.1 Å². The summed E-state index contributed by atoms with van der Waals surface area (Å²) in [6.07, 6.45) is 3.54. The number of hydrogen-bond acceptors (Lipinski definition) is 3. The molecule has 0 unspecified atom stereocenters. The number of aromatic nitrogens is 1. The number of rotatable bonds is 3. The summed E-state index contributed by atoms with van der Waals surface area (Å²) in [5, 5.41) is 9.98. The van der Waals surface area contributed by atoms with Crippen LogP contribution in [0.4, 0.5) is 5.82 Å². The Morgan fingerprint density at radius 2 is 1.59 bits per heavy atom. The summed E-state index contributed by atoms with van der Waals surface area (Å²) in [6, 6.07) is 22.8. The van der Waals surface area contributed by atoms with Gasteiger partial charge in [0.1, 0.15) is 17.5 Å². The molecule has 2 aromatic carbocycles. The number of halogens is 1. The van der Waals surface area contributed by atoms with Crippen LogP contribution in [-0.4, -0.2) is 18.1 Å². The fourth-order valence-corrected chi connectivity index (χ4v) is 3.85. The topological polar surface area (TPSA) is 39.9 Å². The second kappa shape index (κ2) is 7.94. The molecule has 1 fully saturated rings. The fraction of sp³-hybridized carbons (Fsp3) is 0.217. The standard InChI is InChI=1S/C23H20BrN3/c24-19-11-9-17(10-12-19)20-15-22(18-7-3-1-4-8-18)26-23(21(20)16-25)27-13-5-2-6-14-27/h1,3-4,7-12,15H,2,5-6,13-14H2. The average molecular weight is 418 g/mol. The highest BCUT2D eigenvalue weighted by molar-refractivity contribution is 9.10. The Morgan fingerprint density at radius 1 is 0.889 bits per heavy atom. The quantitative estimate of drug-likeness (QED) is 0.521. The maximum absolute atomic E-state index is 9.98. The third-order valence-electron chi connectivity index (χ3n) is 4.99. The predicted octanol–water partition coefficient (Wildman–Crippen LogP) is 6.04. The zero-order valence-electron chi connectivity index (χ0n) is 15.0. The molecule has 0 saturated carbocycles. The number of hydrogen-bond donors (Lipinski definition) is 0. The molecule has 4 rings (SSSR count). The molecule has 4 heteroatoms. The van der Waals surface area contributed by atoms with Crippen molar-refractivity contribution in [2.45, 2.75) is 19.3 Å². The van der Waals surface area contributed by atoms with E-state index in [1.807, 2.05) is 36.4 Å². The number of pyridine rings is 1. The van der Waals surface area contributed by atoms with E-state index >= 15 is 0 Å². The SMILES string of the molecule is N#Cc1c(-c2ccc(Br)cc2)cc(-c2ccccc2)nc1N1CCCCC1. The van der Waals surface area contributed by atoms with Gasteiger partial charge in [-0.15, -0.1) is 0 Å². The van der Waals surface area contributed by atoms with Crippen molar-refractivity contribution >= 4 is 21.7 Å². The Morgan fingerprint density at radius 3 is 2.26 bits per heavy atom. The highest BCUT2D eigenvalue weighted by Crippen LogP contribution is 2.35. The van der Waals surface area contributed by atoms with Crippen molar-refractivity contribution in [2.24, 2.45) is 0 Å². The van der Waals surface area contributed by atoms with E-state index < -0.39 is 0 Å². The van der Waals surface area contributed by atoms with Crippen molar-refractivity contribution in [3.8, 4) is 28.5 Å². The van der Waals surface area contributed by atoms with Gasteiger partial charge in [-0.2, -0.15) is 5.26 Å². The normalized spacial score (nSPS) is 14.0. The van der Waals surface area contributed by atoms with Crippen molar-refractivity contribution in [1.29, 1.82) is 5.26 Å². The van der Waals surface area contributed by atoms with Crippen LogP contribution in [0, 0.1) is 11.3 Å². The van der Waals surface area contributed by atoms with Crippen LogP contribution in [0.1, 0.15) is 24.8 Å². The first-order chi connectivity index (χ1) is 13.3. The largest absolute Gasteiger partial charge is 0.355 e. The van der Waals surface area contributed by atoms with Gasteiger partial charge in [-0.25, -0.2) is 4.98 Å². The van der Waals surface area contributed by atoms with E-state index in [2.05, 4.69) is 51.2 Å². The second-order valence-corrected chi connectivity index (χ2v) is 7.70. The Labute approximate surface area is 168 Å². The van der Waals surface area contributed by atoms with Gasteiger partial charge < -0.3 is 4.90 Å². The van der Waals surface area contributed by atoms with E-state index in [0.717, 1.165) is 58.6 Å². The van der Waals surface area contributed by atoms with Gasteiger partial charge in [0, 0.05) is 28.7 Å². The van der Waals surface area contributed by atoms with Crippen LogP contribution in [0.3, 0.4) is 0 Å². The molecular formula is C23H20BrN3. The highest BCUT2D eigenvalue weighted by Gasteiger charge is 2.21. The summed E-state index contributed by atoms with van der Waals surface area (Å²) >= 11 is 3.50. The number of anilines is 1. The number of nitriles is 1. The van der Waals surface area contributed by atoms with Gasteiger partial charge in [0.2, 0.25) is 0 Å². The third-order valence-corrected chi connectivity index (χ3v) is 5.52. The Balaban J connectivity index is 1.93. The van der Waals surface area contributed by atoms with Gasteiger partial charge in [-0.05, 0) is 43.0 Å². The van der Waals surface area contributed by atoms with Gasteiger partial charge in [0.05, 0.1) is 5.69 Å². The average Bonchev–Trinajstić information content (AvgIpc) is 2.74. The third kappa shape index (κ3) is 3.74. The maximum Gasteiger partial charge on any atom is 0.147 e. The molecule has 1 aliphatic heterocycles. The maximum atomic E-state index is 9.98. The van der Waals surface area contributed by atoms with Gasteiger partial charge in [-0.1, -0.05) is 58.4 Å². The molecule has 0 atom stereocenters. The van der Waals surface area contributed by atoms with Crippen molar-refractivity contribution in [2.75, 3.05) is 18.0 Å². The van der Waals surface area contributed by atoms with Gasteiger partial charge in [0.15, 0.2) is 0 Å². The molecule has 134 valence electrons. The van der Waals surface area contributed by atoms with E-state index in [-0.39, 0.29) is 0 Å². The first-order valence-electron chi connectivity index (χ1n) is 9.28. The van der Waals surface area contributed by atoms with E-state index in [4.69, 9.17) is 4.98 Å². The number of nitrogens with zero attached hydrogens (tertiary/aromatic N) is 3. The summed E-state index contributed by atoms with van der Waals surface area (Å²) < 4.78 is 1.03. The minimum absolute atomic E-state index is 0.666. The highest BCUT2D eigenvalue weighted by atomic mass is 79.9. The van der Waals surface area contributed by atoms with Gasteiger partial charge in [-0.3, -0.25) is 0 Å². The molecule has 3 nitrogen and oxygen atoms in total. The van der Waals surface area contributed by atoms with Crippen LogP contribution in [0.2, 0.25) is 0 Å². The molecule has 1 aromatic heterocycles. The van der Waals surface area contributed by atoms with Crippen LogP contribution in [-0.2, 0) is 0 Å². The second-order valence-electron chi connectivity index (χ2n) is 6.79. The number of benzene rings is 2. The summed E-state index contributed by atoms with van der Waals surface area (Å²) in [7, 11) is 0. The molecule has 0 spiro atoms. The molecule has 0 radical (unpaired) electrons. The summed E-state index contributed by atoms with van der Waals surface area (Å²) in [6.45, 7) is 1.92. The lowest BCUT2D eigenvalue weighted by Gasteiger charge is -2.29. The van der Waals surface area contributed by atoms with Crippen LogP contribution in [0.5, 0.6) is 0 Å². The Bertz CT molecular complexity index is 969. The van der Waals surface area contributed by atoms with E-state index in [1.54, 1.807) is 0 Å². The van der Waals surface area contributed by atoms with Crippen molar-refractivity contribution in [1.82, 2.24) is 4.98 Å². The van der Waals surface area contributed by atoms with E-state index in [1.165, 1.54) is 6.42 Å². The monoisotopic (exact) mass is 417 g/mol. The molecular weight excluding hydrogens is 398 g/mol. The van der Waals surface area contributed by atoms with Crippen LogP contribution < -0.4 is 4.90 Å². The lowest BCUT2D eigenvalue weighted by Crippen LogP contribution is -2.31.